The van der Waals surface area contributed by atoms with Crippen LogP contribution in [-0.2, 0) is 11.3 Å². The fourth-order valence-corrected chi connectivity index (χ4v) is 3.16. The average Bonchev–Trinajstić information content (AvgIpc) is 3.01. The third-order valence-electron chi connectivity index (χ3n) is 4.72. The van der Waals surface area contributed by atoms with Crippen molar-refractivity contribution < 1.29 is 4.79 Å². The van der Waals surface area contributed by atoms with Crippen LogP contribution >= 0.6 is 0 Å². The normalized spacial score (nSPS) is 15.6. The molecule has 0 fully saturated rings. The van der Waals surface area contributed by atoms with E-state index in [0.29, 0.717) is 12.2 Å². The van der Waals surface area contributed by atoms with Crippen LogP contribution in [0.5, 0.6) is 0 Å². The number of para-hydroxylation sites is 2. The topological polar surface area (TPSA) is 109 Å². The molecule has 0 aromatic heterocycles. The molecule has 146 valence electrons. The Balaban J connectivity index is 1.82. The lowest BCUT2D eigenvalue weighted by atomic mass is 10.1. The van der Waals surface area contributed by atoms with E-state index < -0.39 is 0 Å². The molecule has 0 saturated carbocycles. The van der Waals surface area contributed by atoms with Crippen LogP contribution in [0.4, 0.5) is 11.4 Å². The van der Waals surface area contributed by atoms with Gasteiger partial charge in [-0.15, -0.1) is 0 Å². The number of carbonyl (C=O) groups is 1. The molecule has 28 heavy (non-hydrogen) atoms. The number of fused-ring (bicyclic) bond motifs is 1. The van der Waals surface area contributed by atoms with Gasteiger partial charge in [0.15, 0.2) is 0 Å². The smallest absolute Gasteiger partial charge is 0.217 e. The predicted molar refractivity (Wildman–Crippen MR) is 114 cm³/mol. The fraction of sp³-hybridized carbons (Fsp3) is 0.238. The molecule has 0 radical (unpaired) electrons. The molecule has 6 N–H and O–H groups in total. The molecule has 0 spiro atoms. The molecule has 7 heteroatoms. The number of nitrogens with zero attached hydrogens (tertiary/aromatic N) is 2. The van der Waals surface area contributed by atoms with E-state index in [0.717, 1.165) is 28.2 Å². The number of nitrogens with one attached hydrogen (secondary N) is 2. The molecule has 0 saturated heterocycles. The zero-order chi connectivity index (χ0) is 20.3. The maximum atomic E-state index is 11.0. The van der Waals surface area contributed by atoms with E-state index in [1.54, 1.807) is 0 Å². The van der Waals surface area contributed by atoms with E-state index in [-0.39, 0.29) is 17.9 Å². The van der Waals surface area contributed by atoms with Gasteiger partial charge in [-0.3, -0.25) is 4.79 Å². The summed E-state index contributed by atoms with van der Waals surface area (Å²) in [4.78, 5) is 17.8. The molecule has 0 aliphatic carbocycles. The van der Waals surface area contributed by atoms with Crippen molar-refractivity contribution in [1.82, 2.24) is 5.32 Å². The van der Waals surface area contributed by atoms with Gasteiger partial charge in [0, 0.05) is 26.2 Å². The Kier molecular flexibility index (Phi) is 5.54. The Morgan fingerprint density at radius 1 is 1.14 bits per heavy atom. The summed E-state index contributed by atoms with van der Waals surface area (Å²) in [6.45, 7) is 3.93. The summed E-state index contributed by atoms with van der Waals surface area (Å²) >= 11 is 0. The maximum absolute atomic E-state index is 11.0. The highest BCUT2D eigenvalue weighted by Crippen LogP contribution is 2.35. The van der Waals surface area contributed by atoms with Crippen LogP contribution in [0, 0.1) is 0 Å². The minimum atomic E-state index is -0.239. The van der Waals surface area contributed by atoms with Crippen molar-refractivity contribution in [2.75, 3.05) is 17.3 Å². The number of benzene rings is 2. The molecule has 7 nitrogen and oxygen atoms in total. The highest BCUT2D eigenvalue weighted by atomic mass is 16.1. The van der Waals surface area contributed by atoms with Gasteiger partial charge in [-0.2, -0.15) is 0 Å². The molecule has 2 aromatic carbocycles. The Morgan fingerprint density at radius 3 is 2.43 bits per heavy atom. The third kappa shape index (κ3) is 4.09. The summed E-state index contributed by atoms with van der Waals surface area (Å²) in [5, 5.41) is 6.20. The van der Waals surface area contributed by atoms with Gasteiger partial charge in [0.2, 0.25) is 5.91 Å². The van der Waals surface area contributed by atoms with Crippen molar-refractivity contribution >= 4 is 23.0 Å². The first-order valence-electron chi connectivity index (χ1n) is 9.09. The lowest BCUT2D eigenvalue weighted by Gasteiger charge is -2.23. The number of amides is 1. The van der Waals surface area contributed by atoms with Crippen molar-refractivity contribution in [2.45, 2.75) is 26.6 Å². The van der Waals surface area contributed by atoms with E-state index in [4.69, 9.17) is 16.5 Å². The number of anilines is 2. The third-order valence-corrected chi connectivity index (χ3v) is 4.72. The molecule has 1 aliphatic rings. The molecular formula is C21H26N6O. The van der Waals surface area contributed by atoms with Crippen molar-refractivity contribution in [2.24, 2.45) is 16.5 Å². The highest BCUT2D eigenvalue weighted by Gasteiger charge is 2.29. The van der Waals surface area contributed by atoms with E-state index in [1.165, 1.54) is 6.92 Å². The largest absolute Gasteiger partial charge is 0.384 e. The standard InChI is InChI=1S/C21H26N6O/c1-13(16-10-8-15(9-11-16)12-24-14(2)28)25-19(20(22)23)21-26-17-6-4-5-7-18(17)27(21)3/h4-11,21,26H,12,22-23H2,1-3H3,(H,24,28)/b25-13+. The molecule has 1 heterocycles. The summed E-state index contributed by atoms with van der Waals surface area (Å²) < 4.78 is 0. The molecule has 1 amide bonds. The fourth-order valence-electron chi connectivity index (χ4n) is 3.16. The summed E-state index contributed by atoms with van der Waals surface area (Å²) in [6, 6.07) is 15.9. The zero-order valence-corrected chi connectivity index (χ0v) is 16.4. The van der Waals surface area contributed by atoms with E-state index in [9.17, 15) is 4.79 Å². The van der Waals surface area contributed by atoms with Gasteiger partial charge in [0.1, 0.15) is 17.7 Å². The van der Waals surface area contributed by atoms with Gasteiger partial charge in [-0.25, -0.2) is 4.99 Å². The van der Waals surface area contributed by atoms with Gasteiger partial charge in [0.25, 0.3) is 0 Å². The number of aliphatic imine (C=N–C) groups is 1. The number of hydrogen-bond acceptors (Lipinski definition) is 6. The monoisotopic (exact) mass is 378 g/mol. The molecule has 1 unspecified atom stereocenters. The number of likely N-dealkylation sites (N-methyl/N-ethyl adjacent to an activating group) is 1. The summed E-state index contributed by atoms with van der Waals surface area (Å²) in [7, 11) is 1.98. The van der Waals surface area contributed by atoms with Gasteiger partial charge >= 0.3 is 0 Å². The van der Waals surface area contributed by atoms with Crippen LogP contribution < -0.4 is 27.0 Å². The lowest BCUT2D eigenvalue weighted by molar-refractivity contribution is -0.119. The zero-order valence-electron chi connectivity index (χ0n) is 16.4. The Hall–Kier alpha value is -3.48. The van der Waals surface area contributed by atoms with Gasteiger partial charge < -0.3 is 27.0 Å². The van der Waals surface area contributed by atoms with Crippen molar-refractivity contribution in [1.29, 1.82) is 0 Å². The van der Waals surface area contributed by atoms with Crippen molar-refractivity contribution in [3.05, 3.63) is 71.2 Å². The molecule has 1 aliphatic heterocycles. The maximum Gasteiger partial charge on any atom is 0.217 e. The average molecular weight is 378 g/mol. The first-order valence-corrected chi connectivity index (χ1v) is 9.09. The number of rotatable bonds is 5. The molecular weight excluding hydrogens is 352 g/mol. The summed E-state index contributed by atoms with van der Waals surface area (Å²) in [5.41, 5.74) is 17.4. The van der Waals surface area contributed by atoms with E-state index in [1.807, 2.05) is 62.5 Å². The van der Waals surface area contributed by atoms with E-state index in [2.05, 4.69) is 15.5 Å². The second-order valence-corrected chi connectivity index (χ2v) is 6.82. The van der Waals surface area contributed by atoms with Gasteiger partial charge in [0.05, 0.1) is 11.4 Å². The molecule has 0 bridgehead atoms. The van der Waals surface area contributed by atoms with Crippen LogP contribution in [0.1, 0.15) is 25.0 Å². The van der Waals surface area contributed by atoms with Crippen LogP contribution in [-0.4, -0.2) is 24.8 Å². The number of hydrogen-bond donors (Lipinski definition) is 4. The number of nitrogens with two attached hydrogens (primary N) is 2. The minimum Gasteiger partial charge on any atom is -0.384 e. The van der Waals surface area contributed by atoms with Crippen molar-refractivity contribution in [3.8, 4) is 0 Å². The molecule has 1 atom stereocenters. The Labute approximate surface area is 165 Å². The van der Waals surface area contributed by atoms with Crippen LogP contribution in [0.25, 0.3) is 0 Å². The second-order valence-electron chi connectivity index (χ2n) is 6.82. The van der Waals surface area contributed by atoms with Crippen LogP contribution in [0.2, 0.25) is 0 Å². The lowest BCUT2D eigenvalue weighted by Crippen LogP contribution is -2.36. The van der Waals surface area contributed by atoms with Crippen LogP contribution in [0.15, 0.2) is 65.0 Å². The predicted octanol–water partition coefficient (Wildman–Crippen LogP) is 2.11. The minimum absolute atomic E-state index is 0.0517. The summed E-state index contributed by atoms with van der Waals surface area (Å²) in [5.74, 6) is 0.128. The Bertz CT molecular complexity index is 928. The van der Waals surface area contributed by atoms with Crippen LogP contribution in [0.3, 0.4) is 0 Å². The van der Waals surface area contributed by atoms with Gasteiger partial charge in [-0.1, -0.05) is 36.4 Å². The highest BCUT2D eigenvalue weighted by molar-refractivity contribution is 5.99. The number of carbonyl (C=O) groups excluding carboxylic acids is 1. The SMILES string of the molecule is CC(=O)NCc1ccc(/C(C)=N/C(=C(N)N)C2Nc3ccccc3N2C)cc1. The second kappa shape index (κ2) is 8.04. The molecule has 2 aromatic rings. The first kappa shape index (κ1) is 19.3. The van der Waals surface area contributed by atoms with E-state index >= 15 is 0 Å². The van der Waals surface area contributed by atoms with Crippen molar-refractivity contribution in [3.63, 3.8) is 0 Å². The van der Waals surface area contributed by atoms with Gasteiger partial charge in [-0.05, 0) is 30.2 Å². The Morgan fingerprint density at radius 2 is 1.82 bits per heavy atom. The molecule has 3 rings (SSSR count). The quantitative estimate of drug-likeness (QED) is 0.596. The first-order chi connectivity index (χ1) is 13.4. The summed E-state index contributed by atoms with van der Waals surface area (Å²) in [6.07, 6.45) is -0.239.